The van der Waals surface area contributed by atoms with Crippen molar-refractivity contribution < 1.29 is 29.3 Å². The van der Waals surface area contributed by atoms with Gasteiger partial charge in [-0.15, -0.1) is 0 Å². The molecule has 0 bridgehead atoms. The van der Waals surface area contributed by atoms with E-state index in [2.05, 4.69) is 39.9 Å². The number of rotatable bonds is 10. The van der Waals surface area contributed by atoms with Crippen LogP contribution in [-0.2, 0) is 16.1 Å². The van der Waals surface area contributed by atoms with E-state index in [0.717, 1.165) is 22.3 Å². The lowest BCUT2D eigenvalue weighted by Crippen LogP contribution is -2.41. The van der Waals surface area contributed by atoms with Crippen molar-refractivity contribution in [2.45, 2.75) is 24.9 Å². The first-order valence-corrected chi connectivity index (χ1v) is 11.2. The first kappa shape index (κ1) is 24.0. The average Bonchev–Trinajstić information content (AvgIpc) is 3.45. The number of nitrogens with one attached hydrogen (secondary N) is 2. The summed E-state index contributed by atoms with van der Waals surface area (Å²) in [5, 5.41) is 23.0. The third-order valence-electron chi connectivity index (χ3n) is 5.87. The van der Waals surface area contributed by atoms with Gasteiger partial charge in [0.25, 0.3) is 5.91 Å². The zero-order valence-corrected chi connectivity index (χ0v) is 18.9. The molecule has 0 aliphatic heterocycles. The maximum absolute atomic E-state index is 12.3. The second-order valence-corrected chi connectivity index (χ2v) is 8.13. The Balaban J connectivity index is 1.25. The lowest BCUT2D eigenvalue weighted by atomic mass is 9.98. The molecule has 0 saturated carbocycles. The fourth-order valence-corrected chi connectivity index (χ4v) is 4.15. The van der Waals surface area contributed by atoms with Crippen molar-refractivity contribution in [2.24, 2.45) is 0 Å². The smallest absolute Gasteiger partial charge is 0.407 e. The van der Waals surface area contributed by atoms with Gasteiger partial charge in [-0.3, -0.25) is 4.79 Å². The molecule has 1 unspecified atom stereocenters. The number of nitrogens with zero attached hydrogens (tertiary/aromatic N) is 2. The number of hydrogen-bond acceptors (Lipinski definition) is 6. The number of imidazole rings is 1. The van der Waals surface area contributed by atoms with E-state index in [1.54, 1.807) is 4.57 Å². The summed E-state index contributed by atoms with van der Waals surface area (Å²) in [6.45, 7) is 0.431. The van der Waals surface area contributed by atoms with Gasteiger partial charge < -0.3 is 30.2 Å². The number of carbonyl (C=O) groups is 3. The molecule has 182 valence electrons. The van der Waals surface area contributed by atoms with Gasteiger partial charge in [0, 0.05) is 38.2 Å². The average molecular weight is 479 g/mol. The number of hydrogen-bond donors (Lipinski definition) is 4. The van der Waals surface area contributed by atoms with E-state index >= 15 is 0 Å². The molecular formula is C25H26N4O6. The first-order chi connectivity index (χ1) is 17.0. The molecule has 4 N–H and O–H groups in total. The third kappa shape index (κ3) is 5.49. The SMILES string of the molecule is O=C(NCCn1cnc(C(=O)NC(CCO)C(=O)O)c1)OCC1c2ccccc2-c2ccccc21. The normalized spacial score (nSPS) is 12.9. The van der Waals surface area contributed by atoms with Gasteiger partial charge in [-0.25, -0.2) is 14.6 Å². The van der Waals surface area contributed by atoms with Crippen LogP contribution < -0.4 is 10.6 Å². The quantitative estimate of drug-likeness (QED) is 0.349. The lowest BCUT2D eigenvalue weighted by Gasteiger charge is -2.14. The Bertz CT molecular complexity index is 1180. The van der Waals surface area contributed by atoms with Gasteiger partial charge in [0.15, 0.2) is 0 Å². The van der Waals surface area contributed by atoms with Crippen LogP contribution in [0.5, 0.6) is 0 Å². The summed E-state index contributed by atoms with van der Waals surface area (Å²) >= 11 is 0. The number of benzene rings is 2. The highest BCUT2D eigenvalue weighted by atomic mass is 16.5. The molecule has 0 spiro atoms. The maximum Gasteiger partial charge on any atom is 0.407 e. The Morgan fingerprint density at radius 1 is 1.06 bits per heavy atom. The molecule has 0 saturated heterocycles. The van der Waals surface area contributed by atoms with Crippen molar-refractivity contribution in [1.82, 2.24) is 20.2 Å². The summed E-state index contributed by atoms with van der Waals surface area (Å²) in [5.74, 6) is -1.92. The monoisotopic (exact) mass is 478 g/mol. The molecule has 1 aliphatic carbocycles. The van der Waals surface area contributed by atoms with Crippen LogP contribution in [0, 0.1) is 0 Å². The molecule has 1 atom stereocenters. The molecule has 1 aromatic heterocycles. The van der Waals surface area contributed by atoms with Gasteiger partial charge in [-0.05, 0) is 22.3 Å². The predicted octanol–water partition coefficient (Wildman–Crippen LogP) is 1.99. The fraction of sp³-hybridized carbons (Fsp3) is 0.280. The number of aliphatic hydroxyl groups is 1. The van der Waals surface area contributed by atoms with Crippen LogP contribution in [0.1, 0.15) is 34.0 Å². The number of carboxylic acid groups (broad SMARTS) is 1. The number of carbonyl (C=O) groups excluding carboxylic acids is 2. The highest BCUT2D eigenvalue weighted by Gasteiger charge is 2.29. The Morgan fingerprint density at radius 2 is 1.71 bits per heavy atom. The summed E-state index contributed by atoms with van der Waals surface area (Å²) in [6, 6.07) is 15.0. The molecule has 1 heterocycles. The van der Waals surface area contributed by atoms with Crippen molar-refractivity contribution in [3.05, 3.63) is 77.9 Å². The van der Waals surface area contributed by atoms with Crippen LogP contribution in [-0.4, -0.2) is 63.5 Å². The number of fused-ring (bicyclic) bond motifs is 3. The molecular weight excluding hydrogens is 452 g/mol. The number of carboxylic acids is 1. The Morgan fingerprint density at radius 3 is 2.34 bits per heavy atom. The predicted molar refractivity (Wildman–Crippen MR) is 126 cm³/mol. The largest absolute Gasteiger partial charge is 0.480 e. The number of ether oxygens (including phenoxy) is 1. The van der Waals surface area contributed by atoms with E-state index in [-0.39, 0.29) is 37.8 Å². The minimum atomic E-state index is -1.24. The summed E-state index contributed by atoms with van der Waals surface area (Å²) in [6.07, 6.45) is 2.22. The van der Waals surface area contributed by atoms with E-state index in [1.165, 1.54) is 12.5 Å². The molecule has 2 amide bonds. The van der Waals surface area contributed by atoms with Gasteiger partial charge in [0.2, 0.25) is 0 Å². The minimum Gasteiger partial charge on any atom is -0.480 e. The van der Waals surface area contributed by atoms with Crippen molar-refractivity contribution in [3.63, 3.8) is 0 Å². The van der Waals surface area contributed by atoms with Crippen LogP contribution >= 0.6 is 0 Å². The number of amides is 2. The molecule has 0 radical (unpaired) electrons. The third-order valence-corrected chi connectivity index (χ3v) is 5.87. The maximum atomic E-state index is 12.3. The Hall–Kier alpha value is -4.18. The first-order valence-electron chi connectivity index (χ1n) is 11.2. The molecule has 3 aromatic rings. The number of aliphatic hydroxyl groups excluding tert-OH is 1. The van der Waals surface area contributed by atoms with Crippen molar-refractivity contribution in [3.8, 4) is 11.1 Å². The topological polar surface area (TPSA) is 143 Å². The Labute approximate surface area is 201 Å². The lowest BCUT2D eigenvalue weighted by molar-refractivity contribution is -0.139. The van der Waals surface area contributed by atoms with Gasteiger partial charge in [0.1, 0.15) is 18.3 Å². The summed E-state index contributed by atoms with van der Waals surface area (Å²) in [7, 11) is 0. The standard InChI is InChI=1S/C25H26N4O6/c30-12-9-21(24(32)33)28-23(31)22-13-29(15-27-22)11-10-26-25(34)35-14-20-18-7-3-1-5-16(18)17-6-2-4-8-19(17)20/h1-8,13,15,20-21,30H,9-12,14H2,(H,26,34)(H,28,31)(H,32,33). The molecule has 1 aliphatic rings. The molecule has 10 nitrogen and oxygen atoms in total. The van der Waals surface area contributed by atoms with E-state index in [0.29, 0.717) is 6.54 Å². The number of alkyl carbamates (subject to hydrolysis) is 1. The summed E-state index contributed by atoms with van der Waals surface area (Å²) in [5.41, 5.74) is 4.62. The molecule has 4 rings (SSSR count). The van der Waals surface area contributed by atoms with E-state index < -0.39 is 24.0 Å². The molecule has 10 heteroatoms. The number of aliphatic carboxylic acids is 1. The van der Waals surface area contributed by atoms with Gasteiger partial charge in [-0.1, -0.05) is 48.5 Å². The fourth-order valence-electron chi connectivity index (χ4n) is 4.15. The van der Waals surface area contributed by atoms with Crippen LogP contribution in [0.25, 0.3) is 11.1 Å². The molecule has 0 fully saturated rings. The number of aromatic nitrogens is 2. The second kappa shape index (κ2) is 10.8. The van der Waals surface area contributed by atoms with Crippen molar-refractivity contribution >= 4 is 18.0 Å². The molecule has 2 aromatic carbocycles. The zero-order valence-electron chi connectivity index (χ0n) is 18.9. The van der Waals surface area contributed by atoms with Gasteiger partial charge >= 0.3 is 12.1 Å². The van der Waals surface area contributed by atoms with Gasteiger partial charge in [-0.2, -0.15) is 0 Å². The highest BCUT2D eigenvalue weighted by molar-refractivity contribution is 5.94. The van der Waals surface area contributed by atoms with Crippen LogP contribution in [0.4, 0.5) is 4.79 Å². The highest BCUT2D eigenvalue weighted by Crippen LogP contribution is 2.44. The van der Waals surface area contributed by atoms with Crippen molar-refractivity contribution in [2.75, 3.05) is 19.8 Å². The Kier molecular flexibility index (Phi) is 7.41. The summed E-state index contributed by atoms with van der Waals surface area (Å²) < 4.78 is 7.09. The molecule has 35 heavy (non-hydrogen) atoms. The second-order valence-electron chi connectivity index (χ2n) is 8.13. The van der Waals surface area contributed by atoms with E-state index in [1.807, 2.05) is 24.3 Å². The summed E-state index contributed by atoms with van der Waals surface area (Å²) in [4.78, 5) is 39.6. The van der Waals surface area contributed by atoms with Crippen molar-refractivity contribution in [1.29, 1.82) is 0 Å². The minimum absolute atomic E-state index is 0.0247. The van der Waals surface area contributed by atoms with Gasteiger partial charge in [0.05, 0.1) is 6.33 Å². The van der Waals surface area contributed by atoms with Crippen LogP contribution in [0.2, 0.25) is 0 Å². The zero-order chi connectivity index (χ0) is 24.8. The van der Waals surface area contributed by atoms with E-state index in [9.17, 15) is 14.4 Å². The van der Waals surface area contributed by atoms with E-state index in [4.69, 9.17) is 14.9 Å². The van der Waals surface area contributed by atoms with Crippen LogP contribution in [0.3, 0.4) is 0 Å². The van der Waals surface area contributed by atoms with Crippen LogP contribution in [0.15, 0.2) is 61.1 Å².